The zero-order chi connectivity index (χ0) is 18.1. The third-order valence-electron chi connectivity index (χ3n) is 4.06. The predicted molar refractivity (Wildman–Crippen MR) is 97.6 cm³/mol. The van der Waals surface area contributed by atoms with Gasteiger partial charge in [0.2, 0.25) is 0 Å². The van der Waals surface area contributed by atoms with Crippen LogP contribution in [0.5, 0.6) is 0 Å². The van der Waals surface area contributed by atoms with Crippen molar-refractivity contribution < 1.29 is 9.72 Å². The van der Waals surface area contributed by atoms with Crippen LogP contribution in [-0.2, 0) is 18.3 Å². The molecule has 0 N–H and O–H groups in total. The number of carbonyl (C=O) groups excluding carboxylic acids is 1. The molecular weight excluding hydrogens is 338 g/mol. The van der Waals surface area contributed by atoms with Crippen LogP contribution in [0, 0.1) is 24.0 Å². The lowest BCUT2D eigenvalue weighted by Crippen LogP contribution is -2.14. The van der Waals surface area contributed by atoms with Gasteiger partial charge in [-0.3, -0.25) is 14.9 Å². The molecule has 6 nitrogen and oxygen atoms in total. The second-order valence-electron chi connectivity index (χ2n) is 5.97. The van der Waals surface area contributed by atoms with E-state index in [9.17, 15) is 14.9 Å². The number of thiazole rings is 1. The summed E-state index contributed by atoms with van der Waals surface area (Å²) in [5.41, 5.74) is 4.03. The highest BCUT2D eigenvalue weighted by Gasteiger charge is 2.11. The molecule has 3 aromatic rings. The molecule has 0 spiro atoms. The zero-order valence-corrected chi connectivity index (χ0v) is 15.0. The number of hydrogen-bond acceptors (Lipinski definition) is 4. The summed E-state index contributed by atoms with van der Waals surface area (Å²) in [5, 5.41) is 10.9. The molecule has 0 aliphatic carbocycles. The van der Waals surface area contributed by atoms with E-state index < -0.39 is 4.92 Å². The highest BCUT2D eigenvalue weighted by atomic mass is 32.1. The first-order valence-corrected chi connectivity index (χ1v) is 8.54. The number of rotatable bonds is 3. The van der Waals surface area contributed by atoms with Crippen LogP contribution in [0.2, 0.25) is 0 Å². The highest BCUT2D eigenvalue weighted by molar-refractivity contribution is 7.16. The van der Waals surface area contributed by atoms with Crippen molar-refractivity contribution in [1.29, 1.82) is 0 Å². The largest absolute Gasteiger partial charge is 0.319 e. The number of benzene rings is 2. The van der Waals surface area contributed by atoms with Crippen molar-refractivity contribution in [3.63, 3.8) is 0 Å². The van der Waals surface area contributed by atoms with Crippen molar-refractivity contribution in [3.8, 4) is 0 Å². The van der Waals surface area contributed by atoms with Crippen LogP contribution in [0.15, 0.2) is 41.4 Å². The monoisotopic (exact) mass is 355 g/mol. The smallest absolute Gasteiger partial charge is 0.270 e. The van der Waals surface area contributed by atoms with Crippen molar-refractivity contribution in [2.24, 2.45) is 12.0 Å². The van der Waals surface area contributed by atoms with E-state index in [1.165, 1.54) is 23.5 Å². The Bertz CT molecular complexity index is 1060. The minimum absolute atomic E-state index is 0.0301. The van der Waals surface area contributed by atoms with Gasteiger partial charge in [0.1, 0.15) is 0 Å². The van der Waals surface area contributed by atoms with Crippen molar-refractivity contribution in [2.45, 2.75) is 20.3 Å². The summed E-state index contributed by atoms with van der Waals surface area (Å²) in [7, 11) is 1.80. The van der Waals surface area contributed by atoms with Gasteiger partial charge in [-0.05, 0) is 31.0 Å². The average molecular weight is 355 g/mol. The molecule has 128 valence electrons. The van der Waals surface area contributed by atoms with Crippen molar-refractivity contribution in [3.05, 3.63) is 68.0 Å². The third kappa shape index (κ3) is 3.51. The van der Waals surface area contributed by atoms with Gasteiger partial charge in [0, 0.05) is 19.2 Å². The Morgan fingerprint density at radius 2 is 2.00 bits per heavy atom. The summed E-state index contributed by atoms with van der Waals surface area (Å²) in [6.45, 7) is 3.99. The number of fused-ring (bicyclic) bond motifs is 1. The van der Waals surface area contributed by atoms with Gasteiger partial charge in [0.15, 0.2) is 4.80 Å². The van der Waals surface area contributed by atoms with Crippen LogP contribution >= 0.6 is 11.3 Å². The van der Waals surface area contributed by atoms with Gasteiger partial charge >= 0.3 is 0 Å². The molecule has 0 radical (unpaired) electrons. The summed E-state index contributed by atoms with van der Waals surface area (Å²) in [6, 6.07) is 10.6. The van der Waals surface area contributed by atoms with E-state index in [0.717, 1.165) is 26.9 Å². The summed E-state index contributed by atoms with van der Waals surface area (Å²) in [5.74, 6) is -0.233. The number of hydrogen-bond donors (Lipinski definition) is 0. The summed E-state index contributed by atoms with van der Waals surface area (Å²) in [6.07, 6.45) is 0.237. The Hall–Kier alpha value is -2.80. The molecule has 25 heavy (non-hydrogen) atoms. The van der Waals surface area contributed by atoms with Gasteiger partial charge in [0.25, 0.3) is 11.6 Å². The van der Waals surface area contributed by atoms with Gasteiger partial charge < -0.3 is 4.57 Å². The highest BCUT2D eigenvalue weighted by Crippen LogP contribution is 2.22. The molecule has 0 saturated heterocycles. The van der Waals surface area contributed by atoms with E-state index in [4.69, 9.17) is 0 Å². The number of aryl methyl sites for hydroxylation is 3. The van der Waals surface area contributed by atoms with Crippen molar-refractivity contribution >= 4 is 33.1 Å². The molecule has 2 aromatic carbocycles. The van der Waals surface area contributed by atoms with Crippen LogP contribution in [0.1, 0.15) is 16.7 Å². The fourth-order valence-corrected chi connectivity index (χ4v) is 3.76. The fraction of sp³-hybridized carbons (Fsp3) is 0.222. The van der Waals surface area contributed by atoms with E-state index in [-0.39, 0.29) is 18.0 Å². The summed E-state index contributed by atoms with van der Waals surface area (Å²) in [4.78, 5) is 27.5. The maximum atomic E-state index is 12.3. The third-order valence-corrected chi connectivity index (χ3v) is 5.16. The standard InChI is InChI=1S/C18H17N3O3S/c1-11-4-5-13(12(2)8-11)9-17(22)19-18-20(3)15-7-6-14(21(23)24)10-16(15)25-18/h4-8,10H,9H2,1-3H3. The Kier molecular flexibility index (Phi) is 4.50. The molecular formula is C18H17N3O3S. The number of nitro benzene ring substituents is 1. The van der Waals surface area contributed by atoms with E-state index in [2.05, 4.69) is 4.99 Å². The number of carbonyl (C=O) groups is 1. The molecule has 0 aliphatic rings. The van der Waals surface area contributed by atoms with Crippen LogP contribution in [0.3, 0.4) is 0 Å². The minimum atomic E-state index is -0.429. The van der Waals surface area contributed by atoms with E-state index in [0.29, 0.717) is 4.80 Å². The van der Waals surface area contributed by atoms with Crippen LogP contribution in [-0.4, -0.2) is 15.4 Å². The Balaban J connectivity index is 1.96. The second-order valence-corrected chi connectivity index (χ2v) is 6.97. The van der Waals surface area contributed by atoms with Crippen LogP contribution in [0.4, 0.5) is 5.69 Å². The van der Waals surface area contributed by atoms with Gasteiger partial charge in [-0.1, -0.05) is 35.1 Å². The SMILES string of the molecule is Cc1ccc(CC(=O)N=c2sc3cc([N+](=O)[O-])ccc3n2C)c(C)c1. The van der Waals surface area contributed by atoms with Crippen LogP contribution in [0.25, 0.3) is 10.2 Å². The first-order valence-electron chi connectivity index (χ1n) is 7.73. The van der Waals surface area contributed by atoms with Crippen LogP contribution < -0.4 is 4.80 Å². The first kappa shape index (κ1) is 17.0. The van der Waals surface area contributed by atoms with Gasteiger partial charge in [-0.15, -0.1) is 0 Å². The molecule has 1 heterocycles. The summed E-state index contributed by atoms with van der Waals surface area (Å²) < 4.78 is 2.51. The van der Waals surface area contributed by atoms with E-state index in [1.54, 1.807) is 17.7 Å². The van der Waals surface area contributed by atoms with E-state index in [1.807, 2.05) is 32.0 Å². The number of aromatic nitrogens is 1. The molecule has 7 heteroatoms. The Morgan fingerprint density at radius 3 is 2.68 bits per heavy atom. The topological polar surface area (TPSA) is 77.5 Å². The zero-order valence-electron chi connectivity index (χ0n) is 14.1. The van der Waals surface area contributed by atoms with Crippen molar-refractivity contribution in [1.82, 2.24) is 4.57 Å². The molecule has 1 amide bonds. The minimum Gasteiger partial charge on any atom is -0.319 e. The molecule has 0 unspecified atom stereocenters. The van der Waals surface area contributed by atoms with Gasteiger partial charge in [0.05, 0.1) is 21.6 Å². The quantitative estimate of drug-likeness (QED) is 0.533. The second kappa shape index (κ2) is 6.60. The van der Waals surface area contributed by atoms with Crippen molar-refractivity contribution in [2.75, 3.05) is 0 Å². The Labute approximate surface area is 148 Å². The molecule has 1 aromatic heterocycles. The average Bonchev–Trinajstić information content (AvgIpc) is 2.85. The molecule has 0 bridgehead atoms. The molecule has 3 rings (SSSR count). The van der Waals surface area contributed by atoms with Gasteiger partial charge in [-0.25, -0.2) is 0 Å². The maximum absolute atomic E-state index is 12.3. The van der Waals surface area contributed by atoms with Gasteiger partial charge in [-0.2, -0.15) is 4.99 Å². The number of amides is 1. The number of nitrogens with zero attached hydrogens (tertiary/aromatic N) is 3. The lowest BCUT2D eigenvalue weighted by molar-refractivity contribution is -0.384. The number of non-ortho nitro benzene ring substituents is 1. The first-order chi connectivity index (χ1) is 11.8. The number of nitro groups is 1. The van der Waals surface area contributed by atoms with E-state index >= 15 is 0 Å². The Morgan fingerprint density at radius 1 is 1.24 bits per heavy atom. The molecule has 0 saturated carbocycles. The molecule has 0 atom stereocenters. The maximum Gasteiger partial charge on any atom is 0.270 e. The summed E-state index contributed by atoms with van der Waals surface area (Å²) >= 11 is 1.27. The lowest BCUT2D eigenvalue weighted by atomic mass is 10.0. The molecule has 0 aliphatic heterocycles. The predicted octanol–water partition coefficient (Wildman–Crippen LogP) is 3.43. The normalized spacial score (nSPS) is 11.9. The lowest BCUT2D eigenvalue weighted by Gasteiger charge is -2.04. The fourth-order valence-electron chi connectivity index (χ4n) is 2.70. The molecule has 0 fully saturated rings.